The molecular formula is C24H18N2O4. The lowest BCUT2D eigenvalue weighted by Gasteiger charge is -2.27. The number of aromatic nitrogens is 2. The highest BCUT2D eigenvalue weighted by Gasteiger charge is 2.35. The molecule has 0 aliphatic carbocycles. The van der Waals surface area contributed by atoms with Gasteiger partial charge in [0.1, 0.15) is 11.8 Å². The number of fused-ring (bicyclic) bond motifs is 5. The molecule has 3 heterocycles. The van der Waals surface area contributed by atoms with E-state index >= 15 is 0 Å². The van der Waals surface area contributed by atoms with Crippen LogP contribution in [0.5, 0.6) is 5.75 Å². The second kappa shape index (κ2) is 6.84. The van der Waals surface area contributed by atoms with E-state index in [-0.39, 0.29) is 11.3 Å². The standard InChI is InChI=1S/C24H18N2O4/c1-14(27)16-11-12-20-22-18(17-9-5-6-10-19(17)25-22)13-21(26(20)23(16)28)24(29)30-15-7-3-2-4-8-15/h2-12,21,25H,13H2,1H3. The van der Waals surface area contributed by atoms with E-state index < -0.39 is 17.6 Å². The Bertz CT molecular complexity index is 1370. The molecule has 1 atom stereocenters. The van der Waals surface area contributed by atoms with Gasteiger partial charge in [-0.25, -0.2) is 4.79 Å². The monoisotopic (exact) mass is 398 g/mol. The van der Waals surface area contributed by atoms with Gasteiger partial charge in [0.15, 0.2) is 5.78 Å². The van der Waals surface area contributed by atoms with Gasteiger partial charge >= 0.3 is 5.97 Å². The van der Waals surface area contributed by atoms with Crippen molar-refractivity contribution >= 4 is 22.7 Å². The Morgan fingerprint density at radius 3 is 2.50 bits per heavy atom. The summed E-state index contributed by atoms with van der Waals surface area (Å²) in [6.07, 6.45) is 0.291. The Hall–Kier alpha value is -3.93. The Labute approximate surface area is 171 Å². The van der Waals surface area contributed by atoms with Gasteiger partial charge in [0, 0.05) is 17.3 Å². The predicted octanol–water partition coefficient (Wildman–Crippen LogP) is 3.90. The zero-order valence-electron chi connectivity index (χ0n) is 16.2. The van der Waals surface area contributed by atoms with E-state index in [1.54, 1.807) is 30.3 Å². The molecule has 0 spiro atoms. The molecule has 0 fully saturated rings. The number of nitrogens with zero attached hydrogens (tertiary/aromatic N) is 1. The molecule has 6 nitrogen and oxygen atoms in total. The van der Waals surface area contributed by atoms with Crippen LogP contribution in [0, 0.1) is 0 Å². The number of aromatic amines is 1. The van der Waals surface area contributed by atoms with Crippen LogP contribution in [0.25, 0.3) is 22.3 Å². The number of H-pyrrole nitrogens is 1. The molecule has 4 aromatic rings. The smallest absolute Gasteiger partial charge is 0.335 e. The molecule has 5 rings (SSSR count). The second-order valence-corrected chi connectivity index (χ2v) is 7.34. The van der Waals surface area contributed by atoms with Crippen molar-refractivity contribution in [1.82, 2.24) is 9.55 Å². The van der Waals surface area contributed by atoms with Gasteiger partial charge in [0.05, 0.1) is 17.0 Å². The lowest BCUT2D eigenvalue weighted by Crippen LogP contribution is -2.38. The van der Waals surface area contributed by atoms with Crippen LogP contribution < -0.4 is 10.3 Å². The number of benzene rings is 2. The largest absolute Gasteiger partial charge is 0.425 e. The van der Waals surface area contributed by atoms with E-state index in [1.807, 2.05) is 30.3 Å². The Kier molecular flexibility index (Phi) is 4.13. The van der Waals surface area contributed by atoms with Crippen molar-refractivity contribution in [3.8, 4) is 17.1 Å². The third kappa shape index (κ3) is 2.76. The van der Waals surface area contributed by atoms with Crippen LogP contribution in [0.1, 0.15) is 28.9 Å². The number of ketones is 1. The Balaban J connectivity index is 1.71. The summed E-state index contributed by atoms with van der Waals surface area (Å²) in [5.74, 6) is -0.473. The first-order chi connectivity index (χ1) is 14.5. The average Bonchev–Trinajstić information content (AvgIpc) is 3.12. The minimum Gasteiger partial charge on any atom is -0.425 e. The molecular weight excluding hydrogens is 380 g/mol. The van der Waals surface area contributed by atoms with Crippen molar-refractivity contribution in [1.29, 1.82) is 0 Å². The summed E-state index contributed by atoms with van der Waals surface area (Å²) in [5.41, 5.74) is 2.80. The summed E-state index contributed by atoms with van der Waals surface area (Å²) in [6.45, 7) is 1.35. The number of carbonyl (C=O) groups is 2. The van der Waals surface area contributed by atoms with Crippen molar-refractivity contribution in [2.24, 2.45) is 0 Å². The maximum absolute atomic E-state index is 13.2. The fourth-order valence-corrected chi connectivity index (χ4v) is 4.11. The van der Waals surface area contributed by atoms with Crippen LogP contribution in [-0.4, -0.2) is 21.3 Å². The molecule has 0 saturated heterocycles. The number of Topliss-reactive ketones (excluding diaryl/α,β-unsaturated/α-hetero) is 1. The number of hydrogen-bond donors (Lipinski definition) is 1. The molecule has 1 N–H and O–H groups in total. The van der Waals surface area contributed by atoms with Gasteiger partial charge in [-0.1, -0.05) is 36.4 Å². The highest BCUT2D eigenvalue weighted by molar-refractivity contribution is 5.96. The van der Waals surface area contributed by atoms with Gasteiger partial charge < -0.3 is 9.72 Å². The number of para-hydroxylation sites is 2. The maximum atomic E-state index is 13.2. The summed E-state index contributed by atoms with van der Waals surface area (Å²) in [5, 5.41) is 0.999. The Morgan fingerprint density at radius 1 is 1.00 bits per heavy atom. The molecule has 0 radical (unpaired) electrons. The van der Waals surface area contributed by atoms with Crippen LogP contribution in [0.3, 0.4) is 0 Å². The van der Waals surface area contributed by atoms with Crippen molar-refractivity contribution in [3.05, 3.63) is 88.2 Å². The van der Waals surface area contributed by atoms with Crippen molar-refractivity contribution in [2.75, 3.05) is 0 Å². The van der Waals surface area contributed by atoms with E-state index in [0.29, 0.717) is 17.9 Å². The second-order valence-electron chi connectivity index (χ2n) is 7.34. The zero-order chi connectivity index (χ0) is 20.8. The molecule has 2 aromatic carbocycles. The minimum atomic E-state index is -0.876. The maximum Gasteiger partial charge on any atom is 0.335 e. The number of nitrogens with one attached hydrogen (secondary N) is 1. The van der Waals surface area contributed by atoms with E-state index in [0.717, 1.165) is 22.2 Å². The molecule has 30 heavy (non-hydrogen) atoms. The van der Waals surface area contributed by atoms with Crippen molar-refractivity contribution in [3.63, 3.8) is 0 Å². The number of hydrogen-bond acceptors (Lipinski definition) is 4. The zero-order valence-corrected chi connectivity index (χ0v) is 16.2. The van der Waals surface area contributed by atoms with Crippen LogP contribution in [0.2, 0.25) is 0 Å². The highest BCUT2D eigenvalue weighted by Crippen LogP contribution is 2.38. The average molecular weight is 398 g/mol. The topological polar surface area (TPSA) is 81.2 Å². The lowest BCUT2D eigenvalue weighted by atomic mass is 9.95. The number of pyridine rings is 1. The molecule has 148 valence electrons. The fraction of sp³-hybridized carbons (Fsp3) is 0.125. The SMILES string of the molecule is CC(=O)c1ccc2n(c1=O)C(C(=O)Oc1ccccc1)Cc1c-2[nH]c2ccccc12. The van der Waals surface area contributed by atoms with Gasteiger partial charge in [-0.15, -0.1) is 0 Å². The molecule has 1 aliphatic heterocycles. The fourth-order valence-electron chi connectivity index (χ4n) is 4.11. The normalized spacial score (nSPS) is 14.8. The molecule has 6 heteroatoms. The van der Waals surface area contributed by atoms with Gasteiger partial charge in [-0.3, -0.25) is 14.2 Å². The molecule has 0 saturated carbocycles. The molecule has 1 unspecified atom stereocenters. The van der Waals surface area contributed by atoms with E-state index in [2.05, 4.69) is 4.98 Å². The van der Waals surface area contributed by atoms with Crippen LogP contribution in [0.15, 0.2) is 71.5 Å². The van der Waals surface area contributed by atoms with Gasteiger partial charge in [0.25, 0.3) is 5.56 Å². The van der Waals surface area contributed by atoms with E-state index in [1.165, 1.54) is 17.6 Å². The van der Waals surface area contributed by atoms with Crippen LogP contribution in [0.4, 0.5) is 0 Å². The number of carbonyl (C=O) groups excluding carboxylic acids is 2. The third-order valence-electron chi connectivity index (χ3n) is 5.51. The van der Waals surface area contributed by atoms with E-state index in [4.69, 9.17) is 4.74 Å². The number of esters is 1. The van der Waals surface area contributed by atoms with Crippen molar-refractivity contribution in [2.45, 2.75) is 19.4 Å². The van der Waals surface area contributed by atoms with Gasteiger partial charge in [-0.2, -0.15) is 0 Å². The quantitative estimate of drug-likeness (QED) is 0.322. The summed E-state index contributed by atoms with van der Waals surface area (Å²) in [4.78, 5) is 41.7. The molecule has 0 amide bonds. The lowest BCUT2D eigenvalue weighted by molar-refractivity contribution is -0.138. The van der Waals surface area contributed by atoms with Crippen LogP contribution in [-0.2, 0) is 11.2 Å². The molecule has 0 bridgehead atoms. The van der Waals surface area contributed by atoms with Gasteiger partial charge in [0.2, 0.25) is 0 Å². The first-order valence-electron chi connectivity index (χ1n) is 9.68. The van der Waals surface area contributed by atoms with Gasteiger partial charge in [-0.05, 0) is 42.8 Å². The number of rotatable bonds is 3. The summed E-state index contributed by atoms with van der Waals surface area (Å²) in [7, 11) is 0. The summed E-state index contributed by atoms with van der Waals surface area (Å²) < 4.78 is 6.96. The van der Waals surface area contributed by atoms with E-state index in [9.17, 15) is 14.4 Å². The summed E-state index contributed by atoms with van der Waals surface area (Å²) >= 11 is 0. The number of ether oxygens (including phenoxy) is 1. The first kappa shape index (κ1) is 18.1. The van der Waals surface area contributed by atoms with Crippen molar-refractivity contribution < 1.29 is 14.3 Å². The molecule has 1 aliphatic rings. The highest BCUT2D eigenvalue weighted by atomic mass is 16.5. The summed E-state index contributed by atoms with van der Waals surface area (Å²) in [6, 6.07) is 18.9. The molecule has 2 aromatic heterocycles. The Morgan fingerprint density at radius 2 is 1.73 bits per heavy atom. The van der Waals surface area contributed by atoms with Crippen LogP contribution >= 0.6 is 0 Å². The predicted molar refractivity (Wildman–Crippen MR) is 113 cm³/mol. The third-order valence-corrected chi connectivity index (χ3v) is 5.51. The first-order valence-corrected chi connectivity index (χ1v) is 9.68. The minimum absolute atomic E-state index is 0.0517.